The lowest BCUT2D eigenvalue weighted by atomic mass is 10.2. The monoisotopic (exact) mass is 286 g/mol. The summed E-state index contributed by atoms with van der Waals surface area (Å²) in [7, 11) is 0. The molecule has 0 atom stereocenters. The van der Waals surface area contributed by atoms with Crippen molar-refractivity contribution in [2.75, 3.05) is 13.2 Å². The second-order valence-electron chi connectivity index (χ2n) is 4.67. The van der Waals surface area contributed by atoms with Crippen LogP contribution < -0.4 is 20.9 Å². The van der Waals surface area contributed by atoms with Crippen molar-refractivity contribution >= 4 is 0 Å². The van der Waals surface area contributed by atoms with Crippen molar-refractivity contribution in [3.05, 3.63) is 59.7 Å². The number of nitrogens with two attached hydrogens (primary N) is 2. The van der Waals surface area contributed by atoms with Gasteiger partial charge in [-0.25, -0.2) is 0 Å². The maximum atomic E-state index is 5.74. The average molecular weight is 286 g/mol. The van der Waals surface area contributed by atoms with Crippen LogP contribution in [-0.4, -0.2) is 13.2 Å². The summed E-state index contributed by atoms with van der Waals surface area (Å²) in [5.41, 5.74) is 13.4. The number of ether oxygens (including phenoxy) is 2. The van der Waals surface area contributed by atoms with E-state index in [2.05, 4.69) is 0 Å². The van der Waals surface area contributed by atoms with Gasteiger partial charge in [0.25, 0.3) is 0 Å². The van der Waals surface area contributed by atoms with E-state index in [0.717, 1.165) is 29.0 Å². The van der Waals surface area contributed by atoms with Gasteiger partial charge in [0.15, 0.2) is 0 Å². The summed E-state index contributed by atoms with van der Waals surface area (Å²) in [5.74, 6) is 1.70. The number of para-hydroxylation sites is 2. The van der Waals surface area contributed by atoms with Crippen molar-refractivity contribution in [1.29, 1.82) is 0 Å². The molecule has 4 nitrogen and oxygen atoms in total. The van der Waals surface area contributed by atoms with E-state index in [4.69, 9.17) is 20.9 Å². The molecule has 0 spiro atoms. The SMILES string of the molecule is NCc1ccccc1OCCCOc1ccccc1CN. The predicted octanol–water partition coefficient (Wildman–Crippen LogP) is 2.45. The molecule has 0 saturated carbocycles. The molecule has 0 bridgehead atoms. The molecule has 2 aromatic carbocycles. The Morgan fingerprint density at radius 2 is 1.10 bits per heavy atom. The van der Waals surface area contributed by atoms with Gasteiger partial charge >= 0.3 is 0 Å². The van der Waals surface area contributed by atoms with Crippen molar-refractivity contribution in [3.8, 4) is 11.5 Å². The van der Waals surface area contributed by atoms with E-state index in [1.54, 1.807) is 0 Å². The fourth-order valence-corrected chi connectivity index (χ4v) is 2.05. The molecule has 112 valence electrons. The van der Waals surface area contributed by atoms with Crippen LogP contribution in [0.3, 0.4) is 0 Å². The molecule has 0 unspecified atom stereocenters. The molecule has 2 rings (SSSR count). The molecule has 0 amide bonds. The van der Waals surface area contributed by atoms with E-state index in [0.29, 0.717) is 26.3 Å². The molecule has 0 heterocycles. The van der Waals surface area contributed by atoms with E-state index in [9.17, 15) is 0 Å². The first-order valence-electron chi connectivity index (χ1n) is 7.16. The minimum atomic E-state index is 0.483. The van der Waals surface area contributed by atoms with E-state index < -0.39 is 0 Å². The summed E-state index contributed by atoms with van der Waals surface area (Å²) in [6.07, 6.45) is 0.803. The Kier molecular flexibility index (Phi) is 6.06. The second-order valence-corrected chi connectivity index (χ2v) is 4.67. The van der Waals surface area contributed by atoms with Crippen LogP contribution in [0.25, 0.3) is 0 Å². The van der Waals surface area contributed by atoms with Gasteiger partial charge in [-0.2, -0.15) is 0 Å². The fourth-order valence-electron chi connectivity index (χ4n) is 2.05. The third kappa shape index (κ3) is 4.48. The summed E-state index contributed by atoms with van der Waals surface area (Å²) in [6.45, 7) is 2.16. The third-order valence-electron chi connectivity index (χ3n) is 3.19. The molecule has 0 saturated heterocycles. The third-order valence-corrected chi connectivity index (χ3v) is 3.19. The number of rotatable bonds is 8. The van der Waals surface area contributed by atoms with E-state index >= 15 is 0 Å². The van der Waals surface area contributed by atoms with Crippen LogP contribution in [0.5, 0.6) is 11.5 Å². The lowest BCUT2D eigenvalue weighted by molar-refractivity contribution is 0.245. The van der Waals surface area contributed by atoms with Crippen LogP contribution in [0.4, 0.5) is 0 Å². The van der Waals surface area contributed by atoms with Crippen molar-refractivity contribution < 1.29 is 9.47 Å². The zero-order valence-electron chi connectivity index (χ0n) is 12.1. The van der Waals surface area contributed by atoms with Gasteiger partial charge in [-0.15, -0.1) is 0 Å². The quantitative estimate of drug-likeness (QED) is 0.731. The lowest BCUT2D eigenvalue weighted by Gasteiger charge is -2.12. The minimum absolute atomic E-state index is 0.483. The first kappa shape index (κ1) is 15.4. The Balaban J connectivity index is 1.75. The maximum Gasteiger partial charge on any atom is 0.123 e. The maximum absolute atomic E-state index is 5.74. The van der Waals surface area contributed by atoms with Crippen molar-refractivity contribution in [2.45, 2.75) is 19.5 Å². The van der Waals surface area contributed by atoms with Crippen LogP contribution in [-0.2, 0) is 13.1 Å². The van der Waals surface area contributed by atoms with Gasteiger partial charge in [0.1, 0.15) is 11.5 Å². The zero-order valence-corrected chi connectivity index (χ0v) is 12.1. The summed E-state index contributed by atoms with van der Waals surface area (Å²) in [4.78, 5) is 0. The smallest absolute Gasteiger partial charge is 0.123 e. The Morgan fingerprint density at radius 1 is 0.667 bits per heavy atom. The van der Waals surface area contributed by atoms with Crippen molar-refractivity contribution in [1.82, 2.24) is 0 Å². The largest absolute Gasteiger partial charge is 0.493 e. The first-order valence-corrected chi connectivity index (χ1v) is 7.16. The highest BCUT2D eigenvalue weighted by Crippen LogP contribution is 2.18. The first-order chi connectivity index (χ1) is 10.3. The van der Waals surface area contributed by atoms with Gasteiger partial charge in [-0.05, 0) is 12.1 Å². The molecule has 0 radical (unpaired) electrons. The number of benzene rings is 2. The van der Waals surface area contributed by atoms with Gasteiger partial charge in [0, 0.05) is 30.6 Å². The van der Waals surface area contributed by atoms with Gasteiger partial charge in [-0.1, -0.05) is 36.4 Å². The van der Waals surface area contributed by atoms with E-state index in [-0.39, 0.29) is 0 Å². The summed E-state index contributed by atoms with van der Waals surface area (Å²) >= 11 is 0. The van der Waals surface area contributed by atoms with E-state index in [1.807, 2.05) is 48.5 Å². The van der Waals surface area contributed by atoms with Crippen LogP contribution in [0.1, 0.15) is 17.5 Å². The van der Waals surface area contributed by atoms with Crippen LogP contribution in [0, 0.1) is 0 Å². The average Bonchev–Trinajstić information content (AvgIpc) is 2.55. The summed E-state index contributed by atoms with van der Waals surface area (Å²) < 4.78 is 11.5. The molecule has 0 aliphatic heterocycles. The standard InChI is InChI=1S/C17H22N2O2/c18-12-14-6-1-3-8-16(14)20-10-5-11-21-17-9-4-2-7-15(17)13-19/h1-4,6-9H,5,10-13,18-19H2. The highest BCUT2D eigenvalue weighted by Gasteiger charge is 2.02. The molecular formula is C17H22N2O2. The molecule has 4 heteroatoms. The Morgan fingerprint density at radius 3 is 1.52 bits per heavy atom. The number of hydrogen-bond donors (Lipinski definition) is 2. The molecule has 0 aliphatic rings. The second kappa shape index (κ2) is 8.29. The molecule has 4 N–H and O–H groups in total. The molecule has 0 fully saturated rings. The highest BCUT2D eigenvalue weighted by atomic mass is 16.5. The fraction of sp³-hybridized carbons (Fsp3) is 0.294. The number of hydrogen-bond acceptors (Lipinski definition) is 4. The van der Waals surface area contributed by atoms with Gasteiger partial charge in [0.05, 0.1) is 13.2 Å². The molecule has 0 aliphatic carbocycles. The lowest BCUT2D eigenvalue weighted by Crippen LogP contribution is -2.08. The molecule has 21 heavy (non-hydrogen) atoms. The topological polar surface area (TPSA) is 70.5 Å². The van der Waals surface area contributed by atoms with E-state index in [1.165, 1.54) is 0 Å². The van der Waals surface area contributed by atoms with Crippen molar-refractivity contribution in [2.24, 2.45) is 11.5 Å². The molecule has 0 aromatic heterocycles. The van der Waals surface area contributed by atoms with Crippen LogP contribution in [0.15, 0.2) is 48.5 Å². The zero-order chi connectivity index (χ0) is 14.9. The molecular weight excluding hydrogens is 264 g/mol. The van der Waals surface area contributed by atoms with Crippen LogP contribution in [0.2, 0.25) is 0 Å². The van der Waals surface area contributed by atoms with Gasteiger partial charge in [0.2, 0.25) is 0 Å². The van der Waals surface area contributed by atoms with Gasteiger partial charge < -0.3 is 20.9 Å². The Labute approximate surface area is 125 Å². The minimum Gasteiger partial charge on any atom is -0.493 e. The summed E-state index contributed by atoms with van der Waals surface area (Å²) in [5, 5.41) is 0. The van der Waals surface area contributed by atoms with Crippen molar-refractivity contribution in [3.63, 3.8) is 0 Å². The predicted molar refractivity (Wildman–Crippen MR) is 84.3 cm³/mol. The van der Waals surface area contributed by atoms with Gasteiger partial charge in [-0.3, -0.25) is 0 Å². The van der Waals surface area contributed by atoms with Crippen LogP contribution >= 0.6 is 0 Å². The Bertz CT molecular complexity index is 508. The summed E-state index contributed by atoms with van der Waals surface area (Å²) in [6, 6.07) is 15.6. The Hall–Kier alpha value is -2.04. The normalized spacial score (nSPS) is 10.4. The molecule has 2 aromatic rings. The highest BCUT2D eigenvalue weighted by molar-refractivity contribution is 5.33.